The molecule has 2 aromatic heterocycles. The molecule has 0 saturated carbocycles. The number of amides is 1. The molecule has 3 aromatic carbocycles. The molecule has 5 rings (SSSR count). The van der Waals surface area contributed by atoms with E-state index in [-0.39, 0.29) is 18.1 Å². The van der Waals surface area contributed by atoms with Crippen LogP contribution < -0.4 is 5.32 Å². The zero-order valence-corrected chi connectivity index (χ0v) is 16.9. The quantitative estimate of drug-likeness (QED) is 0.421. The predicted octanol–water partition coefficient (Wildman–Crippen LogP) is 4.79. The first-order chi connectivity index (χ1) is 15.7. The van der Waals surface area contributed by atoms with Gasteiger partial charge in [-0.05, 0) is 60.7 Å². The molecule has 0 atom stereocenters. The van der Waals surface area contributed by atoms with Gasteiger partial charge in [0.2, 0.25) is 17.6 Å². The number of para-hydroxylation sites is 2. The second-order valence-electron chi connectivity index (χ2n) is 7.22. The van der Waals surface area contributed by atoms with Crippen LogP contribution in [-0.4, -0.2) is 25.6 Å². The van der Waals surface area contributed by atoms with E-state index in [1.54, 1.807) is 18.5 Å². The Morgan fingerprint density at radius 2 is 1.78 bits per heavy atom. The Kier molecular flexibility index (Phi) is 5.17. The van der Waals surface area contributed by atoms with Crippen molar-refractivity contribution in [3.8, 4) is 17.1 Å². The van der Waals surface area contributed by atoms with Gasteiger partial charge in [-0.1, -0.05) is 17.3 Å². The van der Waals surface area contributed by atoms with Gasteiger partial charge in [-0.25, -0.2) is 9.37 Å². The molecule has 2 heterocycles. The van der Waals surface area contributed by atoms with Crippen molar-refractivity contribution in [2.45, 2.75) is 12.8 Å². The Bertz CT molecular complexity index is 1370. The largest absolute Gasteiger partial charge is 0.339 e. The number of aryl methyl sites for hydroxylation is 1. The lowest BCUT2D eigenvalue weighted by molar-refractivity contribution is -0.116. The smallest absolute Gasteiger partial charge is 0.227 e. The molecule has 0 bridgehead atoms. The maximum atomic E-state index is 13.0. The van der Waals surface area contributed by atoms with Gasteiger partial charge >= 0.3 is 0 Å². The average molecular weight is 427 g/mol. The number of nitrogens with zero attached hydrogens (tertiary/aromatic N) is 4. The third-order valence-electron chi connectivity index (χ3n) is 5.02. The molecule has 0 aliphatic carbocycles. The fourth-order valence-corrected chi connectivity index (χ4v) is 3.39. The molecule has 1 N–H and O–H groups in total. The average Bonchev–Trinajstić information content (AvgIpc) is 3.46. The fourth-order valence-electron chi connectivity index (χ4n) is 3.39. The van der Waals surface area contributed by atoms with Crippen LogP contribution in [0.3, 0.4) is 0 Å². The van der Waals surface area contributed by atoms with Crippen LogP contribution in [0.1, 0.15) is 12.3 Å². The van der Waals surface area contributed by atoms with Crippen molar-refractivity contribution in [2.24, 2.45) is 0 Å². The van der Waals surface area contributed by atoms with Crippen molar-refractivity contribution >= 4 is 22.6 Å². The van der Waals surface area contributed by atoms with Crippen molar-refractivity contribution in [1.82, 2.24) is 19.7 Å². The van der Waals surface area contributed by atoms with Gasteiger partial charge in [0, 0.05) is 29.8 Å². The van der Waals surface area contributed by atoms with Gasteiger partial charge in [0.25, 0.3) is 0 Å². The molecular formula is C24H18FN5O2. The van der Waals surface area contributed by atoms with E-state index >= 15 is 0 Å². The maximum absolute atomic E-state index is 13.0. The first kappa shape index (κ1) is 19.6. The molecule has 0 unspecified atom stereocenters. The number of rotatable bonds is 6. The zero-order chi connectivity index (χ0) is 21.9. The highest BCUT2D eigenvalue weighted by molar-refractivity contribution is 5.91. The number of benzene rings is 3. The van der Waals surface area contributed by atoms with Crippen LogP contribution in [0.5, 0.6) is 0 Å². The van der Waals surface area contributed by atoms with Crippen LogP contribution in [0.15, 0.2) is 83.6 Å². The van der Waals surface area contributed by atoms with Gasteiger partial charge in [0.1, 0.15) is 12.1 Å². The van der Waals surface area contributed by atoms with E-state index in [2.05, 4.69) is 20.4 Å². The highest BCUT2D eigenvalue weighted by Crippen LogP contribution is 2.20. The minimum Gasteiger partial charge on any atom is -0.339 e. The first-order valence-corrected chi connectivity index (χ1v) is 10.1. The molecule has 7 nitrogen and oxygen atoms in total. The van der Waals surface area contributed by atoms with E-state index in [9.17, 15) is 9.18 Å². The van der Waals surface area contributed by atoms with Crippen LogP contribution in [0.25, 0.3) is 28.1 Å². The number of hydrogen-bond acceptors (Lipinski definition) is 5. The Labute approximate surface area is 182 Å². The Balaban J connectivity index is 1.19. The molecule has 0 spiro atoms. The van der Waals surface area contributed by atoms with Crippen molar-refractivity contribution in [3.05, 3.63) is 90.8 Å². The maximum Gasteiger partial charge on any atom is 0.227 e. The normalized spacial score (nSPS) is 11.0. The standard InChI is InChI=1S/C24H18FN5O2/c25-17-7-5-16(6-8-17)24-28-23(32-29-24)14-13-22(31)27-18-9-11-19(12-10-18)30-15-26-20-3-1-2-4-21(20)30/h1-12,15H,13-14H2,(H,27,31). The number of carbonyl (C=O) groups excluding carboxylic acids is 1. The molecule has 8 heteroatoms. The lowest BCUT2D eigenvalue weighted by Crippen LogP contribution is -2.12. The summed E-state index contributed by atoms with van der Waals surface area (Å²) in [5.74, 6) is 0.220. The van der Waals surface area contributed by atoms with E-state index in [0.29, 0.717) is 29.4 Å². The summed E-state index contributed by atoms with van der Waals surface area (Å²) in [7, 11) is 0. The first-order valence-electron chi connectivity index (χ1n) is 10.1. The van der Waals surface area contributed by atoms with Crippen LogP contribution in [0.4, 0.5) is 10.1 Å². The van der Waals surface area contributed by atoms with Gasteiger partial charge in [-0.15, -0.1) is 0 Å². The summed E-state index contributed by atoms with van der Waals surface area (Å²) in [6.45, 7) is 0. The molecule has 1 amide bonds. The number of nitrogens with one attached hydrogen (secondary N) is 1. The van der Waals surface area contributed by atoms with Gasteiger partial charge in [0.15, 0.2) is 0 Å². The molecule has 0 aliphatic rings. The number of aromatic nitrogens is 4. The number of imidazole rings is 1. The summed E-state index contributed by atoms with van der Waals surface area (Å²) in [6, 6.07) is 21.3. The third-order valence-corrected chi connectivity index (χ3v) is 5.02. The van der Waals surface area contributed by atoms with Crippen molar-refractivity contribution in [3.63, 3.8) is 0 Å². The summed E-state index contributed by atoms with van der Waals surface area (Å²) in [5.41, 5.74) is 4.24. The van der Waals surface area contributed by atoms with Crippen LogP contribution in [0, 0.1) is 5.82 Å². The molecule has 0 fully saturated rings. The second kappa shape index (κ2) is 8.43. The summed E-state index contributed by atoms with van der Waals surface area (Å²) >= 11 is 0. The van der Waals surface area contributed by atoms with Gasteiger partial charge < -0.3 is 9.84 Å². The Morgan fingerprint density at radius 3 is 2.59 bits per heavy atom. The molecule has 0 aliphatic heterocycles. The van der Waals surface area contributed by atoms with Crippen LogP contribution in [0.2, 0.25) is 0 Å². The molecule has 0 saturated heterocycles. The van der Waals surface area contributed by atoms with Crippen molar-refractivity contribution in [2.75, 3.05) is 5.32 Å². The van der Waals surface area contributed by atoms with Crippen LogP contribution >= 0.6 is 0 Å². The summed E-state index contributed by atoms with van der Waals surface area (Å²) in [4.78, 5) is 21.0. The van der Waals surface area contributed by atoms with Crippen molar-refractivity contribution in [1.29, 1.82) is 0 Å². The lowest BCUT2D eigenvalue weighted by Gasteiger charge is -2.07. The van der Waals surface area contributed by atoms with Gasteiger partial charge in [0.05, 0.1) is 11.0 Å². The highest BCUT2D eigenvalue weighted by Gasteiger charge is 2.11. The minimum atomic E-state index is -0.333. The summed E-state index contributed by atoms with van der Waals surface area (Å²) in [6.07, 6.45) is 2.28. The third kappa shape index (κ3) is 4.11. The number of carbonyl (C=O) groups is 1. The van der Waals surface area contributed by atoms with Crippen LogP contribution in [-0.2, 0) is 11.2 Å². The highest BCUT2D eigenvalue weighted by atomic mass is 19.1. The number of fused-ring (bicyclic) bond motifs is 1. The number of hydrogen-bond donors (Lipinski definition) is 1. The van der Waals surface area contributed by atoms with E-state index in [1.165, 1.54) is 12.1 Å². The van der Waals surface area contributed by atoms with E-state index < -0.39 is 0 Å². The SMILES string of the molecule is O=C(CCc1nc(-c2ccc(F)cc2)no1)Nc1ccc(-n2cnc3ccccc32)cc1. The lowest BCUT2D eigenvalue weighted by atomic mass is 10.2. The Morgan fingerprint density at radius 1 is 1.00 bits per heavy atom. The molecular weight excluding hydrogens is 409 g/mol. The van der Waals surface area contributed by atoms with Gasteiger partial charge in [-0.2, -0.15) is 4.98 Å². The number of anilines is 1. The molecule has 158 valence electrons. The fraction of sp³-hybridized carbons (Fsp3) is 0.0833. The zero-order valence-electron chi connectivity index (χ0n) is 16.9. The molecule has 5 aromatic rings. The topological polar surface area (TPSA) is 85.8 Å². The Hall–Kier alpha value is -4.33. The monoisotopic (exact) mass is 427 g/mol. The summed E-state index contributed by atoms with van der Waals surface area (Å²) in [5, 5.41) is 6.76. The molecule has 32 heavy (non-hydrogen) atoms. The minimum absolute atomic E-state index is 0.160. The molecule has 0 radical (unpaired) electrons. The number of halogens is 1. The second-order valence-corrected chi connectivity index (χ2v) is 7.22. The van der Waals surface area contributed by atoms with Crippen molar-refractivity contribution < 1.29 is 13.7 Å². The predicted molar refractivity (Wildman–Crippen MR) is 118 cm³/mol. The van der Waals surface area contributed by atoms with E-state index in [0.717, 1.165) is 16.7 Å². The van der Waals surface area contributed by atoms with E-state index in [4.69, 9.17) is 4.52 Å². The van der Waals surface area contributed by atoms with E-state index in [1.807, 2.05) is 53.1 Å². The van der Waals surface area contributed by atoms with Gasteiger partial charge in [-0.3, -0.25) is 9.36 Å². The summed E-state index contributed by atoms with van der Waals surface area (Å²) < 4.78 is 20.2.